The van der Waals surface area contributed by atoms with Gasteiger partial charge in [-0.3, -0.25) is 0 Å². The summed E-state index contributed by atoms with van der Waals surface area (Å²) >= 11 is 0. The molecular formula is C60H48N2. The molecule has 0 spiro atoms. The lowest BCUT2D eigenvalue weighted by atomic mass is 9.82. The molecule has 0 heterocycles. The van der Waals surface area contributed by atoms with Crippen molar-refractivity contribution in [3.05, 3.63) is 252 Å². The van der Waals surface area contributed by atoms with Crippen LogP contribution < -0.4 is 9.80 Å². The summed E-state index contributed by atoms with van der Waals surface area (Å²) < 4.78 is 0. The zero-order valence-electron chi connectivity index (χ0n) is 35.4. The third-order valence-corrected chi connectivity index (χ3v) is 12.4. The maximum Gasteiger partial charge on any atom is 0.0465 e. The van der Waals surface area contributed by atoms with Crippen LogP contribution in [0.5, 0.6) is 0 Å². The van der Waals surface area contributed by atoms with Gasteiger partial charge in [0.05, 0.1) is 0 Å². The van der Waals surface area contributed by atoms with E-state index in [4.69, 9.17) is 0 Å². The summed E-state index contributed by atoms with van der Waals surface area (Å²) in [5.74, 6) is 0. The van der Waals surface area contributed by atoms with Crippen LogP contribution in [0.3, 0.4) is 0 Å². The number of hydrogen-bond acceptors (Lipinski definition) is 2. The Morgan fingerprint density at radius 3 is 1.16 bits per heavy atom. The van der Waals surface area contributed by atoms with Crippen LogP contribution in [-0.4, -0.2) is 0 Å². The van der Waals surface area contributed by atoms with Gasteiger partial charge in [-0.1, -0.05) is 183 Å². The fraction of sp³-hybridized carbons (Fsp3) is 0.0667. The minimum atomic E-state index is -0.0689. The topological polar surface area (TPSA) is 6.48 Å². The van der Waals surface area contributed by atoms with Gasteiger partial charge in [-0.15, -0.1) is 0 Å². The Labute approximate surface area is 366 Å². The number of aryl methyl sites for hydroxylation is 1. The standard InChI is InChI=1S/C60H48N2/c1-43-18-34-52(35-19-43)62(55-40-41-57-56-16-10-11-17-58(56)60(2,3)59(57)42-55)54-38-32-49(33-39-54)47-28-24-45(25-29-47)21-20-44-22-26-46(27-23-44)48-30-36-53(37-31-48)61(50-12-6-4-7-13-50)51-14-8-5-9-15-51/h4-42H,1-3H3/b21-20+. The molecule has 298 valence electrons. The molecule has 62 heavy (non-hydrogen) atoms. The second-order valence-electron chi connectivity index (χ2n) is 16.7. The quantitative estimate of drug-likeness (QED) is 0.127. The normalized spacial score (nSPS) is 12.5. The van der Waals surface area contributed by atoms with Gasteiger partial charge in [-0.25, -0.2) is 0 Å². The molecule has 1 aliphatic carbocycles. The van der Waals surface area contributed by atoms with Crippen molar-refractivity contribution in [3.63, 3.8) is 0 Å². The van der Waals surface area contributed by atoms with Crippen molar-refractivity contribution in [2.75, 3.05) is 9.80 Å². The first-order chi connectivity index (χ1) is 30.4. The van der Waals surface area contributed by atoms with E-state index in [0.29, 0.717) is 0 Å². The highest BCUT2D eigenvalue weighted by molar-refractivity contribution is 5.86. The van der Waals surface area contributed by atoms with Crippen molar-refractivity contribution in [1.29, 1.82) is 0 Å². The molecule has 0 aromatic heterocycles. The molecule has 9 aromatic rings. The zero-order valence-corrected chi connectivity index (χ0v) is 35.4. The molecule has 0 N–H and O–H groups in total. The molecule has 0 unspecified atom stereocenters. The van der Waals surface area contributed by atoms with E-state index in [9.17, 15) is 0 Å². The third kappa shape index (κ3) is 7.53. The maximum atomic E-state index is 2.40. The predicted octanol–water partition coefficient (Wildman–Crippen LogP) is 16.7. The second kappa shape index (κ2) is 16.4. The average molecular weight is 797 g/mol. The summed E-state index contributed by atoms with van der Waals surface area (Å²) in [4.78, 5) is 4.67. The van der Waals surface area contributed by atoms with Crippen LogP contribution in [0.15, 0.2) is 224 Å². The van der Waals surface area contributed by atoms with Gasteiger partial charge < -0.3 is 9.80 Å². The molecule has 2 nitrogen and oxygen atoms in total. The van der Waals surface area contributed by atoms with E-state index >= 15 is 0 Å². The van der Waals surface area contributed by atoms with E-state index in [2.05, 4.69) is 267 Å². The lowest BCUT2D eigenvalue weighted by molar-refractivity contribution is 0.660. The summed E-state index contributed by atoms with van der Waals surface area (Å²) in [5, 5.41) is 0. The molecule has 2 heteroatoms. The van der Waals surface area contributed by atoms with Gasteiger partial charge >= 0.3 is 0 Å². The molecule has 0 bridgehead atoms. The van der Waals surface area contributed by atoms with Crippen LogP contribution in [-0.2, 0) is 5.41 Å². The monoisotopic (exact) mass is 796 g/mol. The van der Waals surface area contributed by atoms with Gasteiger partial charge in [0.2, 0.25) is 0 Å². The van der Waals surface area contributed by atoms with Gasteiger partial charge in [0.1, 0.15) is 0 Å². The molecule has 0 aliphatic heterocycles. The van der Waals surface area contributed by atoms with Crippen LogP contribution >= 0.6 is 0 Å². The Morgan fingerprint density at radius 1 is 0.323 bits per heavy atom. The van der Waals surface area contributed by atoms with Crippen molar-refractivity contribution in [3.8, 4) is 33.4 Å². The van der Waals surface area contributed by atoms with Crippen molar-refractivity contribution in [1.82, 2.24) is 0 Å². The molecule has 1 aliphatic rings. The molecule has 0 saturated carbocycles. The number of rotatable bonds is 10. The molecule has 0 saturated heterocycles. The van der Waals surface area contributed by atoms with E-state index in [0.717, 1.165) is 34.1 Å². The van der Waals surface area contributed by atoms with E-state index in [1.165, 1.54) is 61.2 Å². The first-order valence-corrected chi connectivity index (χ1v) is 21.5. The van der Waals surface area contributed by atoms with Crippen LogP contribution in [0.25, 0.3) is 45.5 Å². The summed E-state index contributed by atoms with van der Waals surface area (Å²) in [7, 11) is 0. The smallest absolute Gasteiger partial charge is 0.0465 e. The van der Waals surface area contributed by atoms with E-state index in [-0.39, 0.29) is 5.41 Å². The predicted molar refractivity (Wildman–Crippen MR) is 264 cm³/mol. The zero-order chi connectivity index (χ0) is 42.0. The first kappa shape index (κ1) is 38.5. The lowest BCUT2D eigenvalue weighted by Gasteiger charge is -2.28. The minimum absolute atomic E-state index is 0.0689. The van der Waals surface area contributed by atoms with Crippen molar-refractivity contribution in [2.24, 2.45) is 0 Å². The lowest BCUT2D eigenvalue weighted by Crippen LogP contribution is -2.16. The van der Waals surface area contributed by atoms with Crippen LogP contribution in [0.2, 0.25) is 0 Å². The van der Waals surface area contributed by atoms with E-state index in [1.54, 1.807) is 0 Å². The Balaban J connectivity index is 0.838. The summed E-state index contributed by atoms with van der Waals surface area (Å²) in [5.41, 5.74) is 20.5. The molecule has 0 amide bonds. The number of fused-ring (bicyclic) bond motifs is 3. The molecular weight excluding hydrogens is 749 g/mol. The van der Waals surface area contributed by atoms with Crippen molar-refractivity contribution in [2.45, 2.75) is 26.2 Å². The van der Waals surface area contributed by atoms with Crippen molar-refractivity contribution < 1.29 is 0 Å². The Hall–Kier alpha value is -7.68. The SMILES string of the molecule is Cc1ccc(N(c2ccc(-c3ccc(/C=C/c4ccc(-c5ccc(N(c6ccccc6)c6ccccc6)cc5)cc4)cc3)cc2)c2ccc3c(c2)C(C)(C)c2ccccc2-3)cc1. The molecule has 10 rings (SSSR count). The molecule has 9 aromatic carbocycles. The Morgan fingerprint density at radius 2 is 0.677 bits per heavy atom. The van der Waals surface area contributed by atoms with E-state index in [1.807, 2.05) is 0 Å². The van der Waals surface area contributed by atoms with Gasteiger partial charge in [0.15, 0.2) is 0 Å². The summed E-state index contributed by atoms with van der Waals surface area (Å²) in [6, 6.07) is 81.2. The van der Waals surface area contributed by atoms with Gasteiger partial charge in [0.25, 0.3) is 0 Å². The highest BCUT2D eigenvalue weighted by atomic mass is 15.1. The fourth-order valence-electron chi connectivity index (χ4n) is 8.95. The third-order valence-electron chi connectivity index (χ3n) is 12.4. The Kier molecular flexibility index (Phi) is 10.2. The van der Waals surface area contributed by atoms with E-state index < -0.39 is 0 Å². The molecule has 0 radical (unpaired) electrons. The number of anilines is 6. The first-order valence-electron chi connectivity index (χ1n) is 21.5. The number of benzene rings is 9. The van der Waals surface area contributed by atoms with Gasteiger partial charge in [-0.2, -0.15) is 0 Å². The van der Waals surface area contributed by atoms with Gasteiger partial charge in [-0.05, 0) is 135 Å². The summed E-state index contributed by atoms with van der Waals surface area (Å²) in [6.07, 6.45) is 4.38. The number of hydrogen-bond donors (Lipinski definition) is 0. The highest BCUT2D eigenvalue weighted by Gasteiger charge is 2.35. The fourth-order valence-corrected chi connectivity index (χ4v) is 8.95. The van der Waals surface area contributed by atoms with Crippen LogP contribution in [0, 0.1) is 6.92 Å². The highest BCUT2D eigenvalue weighted by Crippen LogP contribution is 2.50. The second-order valence-corrected chi connectivity index (χ2v) is 16.7. The minimum Gasteiger partial charge on any atom is -0.311 e. The molecule has 0 atom stereocenters. The maximum absolute atomic E-state index is 2.40. The number of nitrogens with zero attached hydrogens (tertiary/aromatic N) is 2. The average Bonchev–Trinajstić information content (AvgIpc) is 3.56. The van der Waals surface area contributed by atoms with Crippen LogP contribution in [0.1, 0.15) is 41.7 Å². The van der Waals surface area contributed by atoms with Crippen LogP contribution in [0.4, 0.5) is 34.1 Å². The molecule has 0 fully saturated rings. The largest absolute Gasteiger partial charge is 0.311 e. The summed E-state index contributed by atoms with van der Waals surface area (Å²) in [6.45, 7) is 6.83. The Bertz CT molecular complexity index is 2940. The van der Waals surface area contributed by atoms with Gasteiger partial charge in [0, 0.05) is 39.5 Å². The number of para-hydroxylation sites is 2. The van der Waals surface area contributed by atoms with Crippen molar-refractivity contribution >= 4 is 46.3 Å².